The molecule has 2 unspecified atom stereocenters. The second-order valence-electron chi connectivity index (χ2n) is 6.45. The molecule has 102 valence electrons. The maximum atomic E-state index is 11.5. The van der Waals surface area contributed by atoms with Gasteiger partial charge >= 0.3 is 6.03 Å². The molecule has 2 amide bonds. The van der Waals surface area contributed by atoms with Gasteiger partial charge in [0.2, 0.25) is 0 Å². The van der Waals surface area contributed by atoms with E-state index in [0.29, 0.717) is 12.5 Å². The maximum Gasteiger partial charge on any atom is 0.321 e. The van der Waals surface area contributed by atoms with Crippen molar-refractivity contribution < 1.29 is 9.90 Å². The average molecular weight is 260 g/mol. The van der Waals surface area contributed by atoms with Gasteiger partial charge in [-0.15, -0.1) is 0 Å². The molecule has 2 aliphatic rings. The second kappa shape index (κ2) is 3.97. The predicted molar refractivity (Wildman–Crippen MR) is 73.8 cm³/mol. The van der Waals surface area contributed by atoms with Crippen molar-refractivity contribution in [2.75, 3.05) is 12.4 Å². The molecule has 0 radical (unpaired) electrons. The Morgan fingerprint density at radius 1 is 1.47 bits per heavy atom. The number of nitrogens with one attached hydrogen (secondary N) is 1. The summed E-state index contributed by atoms with van der Waals surface area (Å²) in [5.41, 5.74) is 3.13. The first-order valence-corrected chi connectivity index (χ1v) is 6.71. The van der Waals surface area contributed by atoms with Gasteiger partial charge in [0.1, 0.15) is 0 Å². The van der Waals surface area contributed by atoms with E-state index in [-0.39, 0.29) is 11.4 Å². The van der Waals surface area contributed by atoms with Crippen molar-refractivity contribution in [1.82, 2.24) is 4.90 Å². The Bertz CT molecular complexity index is 539. The van der Waals surface area contributed by atoms with Crippen molar-refractivity contribution >= 4 is 11.7 Å². The molecule has 1 aliphatic carbocycles. The Balaban J connectivity index is 1.86. The molecule has 0 saturated heterocycles. The van der Waals surface area contributed by atoms with Crippen LogP contribution in [0.5, 0.6) is 0 Å². The summed E-state index contributed by atoms with van der Waals surface area (Å²) in [5, 5.41) is 13.3. The number of anilines is 1. The molecular weight excluding hydrogens is 240 g/mol. The largest absolute Gasteiger partial charge is 0.388 e. The fraction of sp³-hybridized carbons (Fsp3) is 0.533. The van der Waals surface area contributed by atoms with Gasteiger partial charge in [-0.05, 0) is 41.0 Å². The zero-order chi connectivity index (χ0) is 13.8. The molecule has 1 heterocycles. The van der Waals surface area contributed by atoms with E-state index in [2.05, 4.69) is 19.2 Å². The standard InChI is InChI=1S/C15H20N2O2/c1-15(2)7-11(15)13(18)9-4-5-12-10(6-9)8-17(3)14(19)16-12/h4-6,11,13,18H,7-8H2,1-3H3,(H,16,19). The quantitative estimate of drug-likeness (QED) is 0.859. The van der Waals surface area contributed by atoms with Gasteiger partial charge in [0, 0.05) is 19.3 Å². The van der Waals surface area contributed by atoms with E-state index in [9.17, 15) is 9.90 Å². The lowest BCUT2D eigenvalue weighted by Crippen LogP contribution is -2.35. The van der Waals surface area contributed by atoms with Gasteiger partial charge in [0.25, 0.3) is 0 Å². The van der Waals surface area contributed by atoms with Gasteiger partial charge in [-0.3, -0.25) is 0 Å². The molecule has 1 aromatic carbocycles. The highest BCUT2D eigenvalue weighted by Crippen LogP contribution is 2.57. The van der Waals surface area contributed by atoms with Gasteiger partial charge < -0.3 is 15.3 Å². The number of hydrogen-bond donors (Lipinski definition) is 2. The van der Waals surface area contributed by atoms with E-state index < -0.39 is 6.10 Å². The SMILES string of the molecule is CN1Cc2cc(C(O)C3CC3(C)C)ccc2NC1=O. The van der Waals surface area contributed by atoms with Crippen LogP contribution in [0.2, 0.25) is 0 Å². The lowest BCUT2D eigenvalue weighted by molar-refractivity contribution is 0.138. The van der Waals surface area contributed by atoms with Crippen LogP contribution in [0.15, 0.2) is 18.2 Å². The molecular formula is C15H20N2O2. The highest BCUT2D eigenvalue weighted by molar-refractivity contribution is 5.92. The van der Waals surface area contributed by atoms with E-state index in [0.717, 1.165) is 23.2 Å². The number of nitrogens with zero attached hydrogens (tertiary/aromatic N) is 1. The summed E-state index contributed by atoms with van der Waals surface area (Å²) in [6, 6.07) is 5.76. The molecule has 4 heteroatoms. The number of aliphatic hydroxyl groups is 1. The number of carbonyl (C=O) groups excluding carboxylic acids is 1. The van der Waals surface area contributed by atoms with E-state index in [4.69, 9.17) is 0 Å². The fourth-order valence-corrected chi connectivity index (χ4v) is 2.87. The van der Waals surface area contributed by atoms with Crippen LogP contribution in [-0.4, -0.2) is 23.1 Å². The summed E-state index contributed by atoms with van der Waals surface area (Å²) in [6.45, 7) is 4.97. The molecule has 0 aromatic heterocycles. The van der Waals surface area contributed by atoms with Crippen LogP contribution in [0.1, 0.15) is 37.5 Å². The Labute approximate surface area is 113 Å². The molecule has 2 N–H and O–H groups in total. The lowest BCUT2D eigenvalue weighted by Gasteiger charge is -2.27. The average Bonchev–Trinajstić information content (AvgIpc) is 2.98. The highest BCUT2D eigenvalue weighted by atomic mass is 16.3. The van der Waals surface area contributed by atoms with Crippen molar-refractivity contribution in [2.24, 2.45) is 11.3 Å². The smallest absolute Gasteiger partial charge is 0.321 e. The topological polar surface area (TPSA) is 52.6 Å². The summed E-state index contributed by atoms with van der Waals surface area (Å²) in [6.07, 6.45) is 0.672. The fourth-order valence-electron chi connectivity index (χ4n) is 2.87. The number of hydrogen-bond acceptors (Lipinski definition) is 2. The van der Waals surface area contributed by atoms with Crippen LogP contribution < -0.4 is 5.32 Å². The number of aliphatic hydroxyl groups excluding tert-OH is 1. The molecule has 0 spiro atoms. The number of amides is 2. The van der Waals surface area contributed by atoms with E-state index in [1.54, 1.807) is 11.9 Å². The summed E-state index contributed by atoms with van der Waals surface area (Å²) >= 11 is 0. The third-order valence-electron chi connectivity index (χ3n) is 4.44. The summed E-state index contributed by atoms with van der Waals surface area (Å²) in [4.78, 5) is 13.2. The molecule has 3 rings (SSSR count). The molecule has 1 saturated carbocycles. The number of benzene rings is 1. The Kier molecular flexibility index (Phi) is 2.61. The van der Waals surface area contributed by atoms with E-state index in [1.807, 2.05) is 18.2 Å². The maximum absolute atomic E-state index is 11.5. The molecule has 19 heavy (non-hydrogen) atoms. The van der Waals surface area contributed by atoms with Crippen LogP contribution in [0.4, 0.5) is 10.5 Å². The zero-order valence-electron chi connectivity index (χ0n) is 11.6. The second-order valence-corrected chi connectivity index (χ2v) is 6.45. The summed E-state index contributed by atoms with van der Waals surface area (Å²) in [5.74, 6) is 0.349. The monoisotopic (exact) mass is 260 g/mol. The molecule has 1 aliphatic heterocycles. The first-order chi connectivity index (χ1) is 8.88. The Hall–Kier alpha value is -1.55. The van der Waals surface area contributed by atoms with Crippen molar-refractivity contribution in [2.45, 2.75) is 32.9 Å². The normalized spacial score (nSPS) is 25.6. The van der Waals surface area contributed by atoms with Gasteiger partial charge in [-0.25, -0.2) is 4.79 Å². The minimum atomic E-state index is -0.400. The summed E-state index contributed by atoms with van der Waals surface area (Å²) < 4.78 is 0. The molecule has 1 fully saturated rings. The molecule has 4 nitrogen and oxygen atoms in total. The number of carbonyl (C=O) groups is 1. The van der Waals surface area contributed by atoms with Crippen molar-refractivity contribution in [3.8, 4) is 0 Å². The molecule has 0 bridgehead atoms. The van der Waals surface area contributed by atoms with Gasteiger partial charge in [0.15, 0.2) is 0 Å². The van der Waals surface area contributed by atoms with Gasteiger partial charge in [-0.1, -0.05) is 19.9 Å². The van der Waals surface area contributed by atoms with Crippen molar-refractivity contribution in [1.29, 1.82) is 0 Å². The van der Waals surface area contributed by atoms with E-state index in [1.165, 1.54) is 0 Å². The minimum Gasteiger partial charge on any atom is -0.388 e. The lowest BCUT2D eigenvalue weighted by atomic mass is 9.97. The number of urea groups is 1. The first kappa shape index (κ1) is 12.5. The minimum absolute atomic E-state index is 0.0795. The van der Waals surface area contributed by atoms with Crippen LogP contribution in [-0.2, 0) is 6.54 Å². The van der Waals surface area contributed by atoms with Gasteiger partial charge in [-0.2, -0.15) is 0 Å². The molecule has 1 aromatic rings. The van der Waals surface area contributed by atoms with Gasteiger partial charge in [0.05, 0.1) is 6.10 Å². The van der Waals surface area contributed by atoms with Crippen molar-refractivity contribution in [3.63, 3.8) is 0 Å². The highest BCUT2D eigenvalue weighted by Gasteiger charge is 2.50. The van der Waals surface area contributed by atoms with Crippen LogP contribution >= 0.6 is 0 Å². The number of fused-ring (bicyclic) bond motifs is 1. The van der Waals surface area contributed by atoms with E-state index >= 15 is 0 Å². The predicted octanol–water partition coefficient (Wildman–Crippen LogP) is 2.74. The zero-order valence-corrected chi connectivity index (χ0v) is 11.6. The third-order valence-corrected chi connectivity index (χ3v) is 4.44. The Morgan fingerprint density at radius 3 is 2.79 bits per heavy atom. The summed E-state index contributed by atoms with van der Waals surface area (Å²) in [7, 11) is 1.77. The first-order valence-electron chi connectivity index (χ1n) is 6.71. The number of rotatable bonds is 2. The Morgan fingerprint density at radius 2 is 2.16 bits per heavy atom. The molecule has 2 atom stereocenters. The van der Waals surface area contributed by atoms with Crippen LogP contribution in [0.25, 0.3) is 0 Å². The van der Waals surface area contributed by atoms with Crippen LogP contribution in [0.3, 0.4) is 0 Å². The third kappa shape index (κ3) is 2.10. The van der Waals surface area contributed by atoms with Crippen molar-refractivity contribution in [3.05, 3.63) is 29.3 Å². The van der Waals surface area contributed by atoms with Crippen LogP contribution in [0, 0.1) is 11.3 Å².